The first kappa shape index (κ1) is 23.6. The van der Waals surface area contributed by atoms with Gasteiger partial charge in [-0.25, -0.2) is 4.68 Å². The van der Waals surface area contributed by atoms with E-state index in [0.29, 0.717) is 26.6 Å². The van der Waals surface area contributed by atoms with Gasteiger partial charge in [0.25, 0.3) is 0 Å². The predicted octanol–water partition coefficient (Wildman–Crippen LogP) is 6.50. The number of nitrogens with zero attached hydrogens (tertiary/aromatic N) is 3. The monoisotopic (exact) mass is 532 g/mol. The molecule has 0 bridgehead atoms. The molecular formula is C24H16Cl2F2N4O2S. The molecule has 0 radical (unpaired) electrons. The number of ether oxygens (including phenoxy) is 1. The van der Waals surface area contributed by atoms with E-state index in [1.165, 1.54) is 36.0 Å². The summed E-state index contributed by atoms with van der Waals surface area (Å²) in [6, 6.07) is 19.6. The molecule has 1 aliphatic rings. The van der Waals surface area contributed by atoms with Gasteiger partial charge in [-0.2, -0.15) is 8.78 Å². The summed E-state index contributed by atoms with van der Waals surface area (Å²) in [6.45, 7) is -2.94. The second-order valence-electron chi connectivity index (χ2n) is 7.61. The fourth-order valence-electron chi connectivity index (χ4n) is 3.73. The number of thioether (sulfide) groups is 1. The van der Waals surface area contributed by atoms with Crippen molar-refractivity contribution in [3.05, 3.63) is 94.0 Å². The van der Waals surface area contributed by atoms with Crippen molar-refractivity contribution >= 4 is 40.7 Å². The second-order valence-corrected chi connectivity index (χ2v) is 9.59. The van der Waals surface area contributed by atoms with Crippen molar-refractivity contribution in [1.29, 1.82) is 0 Å². The van der Waals surface area contributed by atoms with E-state index in [0.717, 1.165) is 11.1 Å². The molecule has 1 aromatic heterocycles. The summed E-state index contributed by atoms with van der Waals surface area (Å²) in [7, 11) is 0. The Bertz CT molecular complexity index is 1350. The number of nitrogens with one attached hydrogen (secondary N) is 1. The van der Waals surface area contributed by atoms with Crippen LogP contribution in [0.3, 0.4) is 0 Å². The number of benzene rings is 3. The lowest BCUT2D eigenvalue weighted by molar-refractivity contribution is -0.0498. The molecule has 0 aliphatic carbocycles. The van der Waals surface area contributed by atoms with Crippen LogP contribution in [0, 0.1) is 0 Å². The van der Waals surface area contributed by atoms with Crippen LogP contribution in [0.15, 0.2) is 78.0 Å². The molecule has 35 heavy (non-hydrogen) atoms. The van der Waals surface area contributed by atoms with Crippen molar-refractivity contribution in [3.63, 3.8) is 0 Å². The second kappa shape index (κ2) is 9.85. The lowest BCUT2D eigenvalue weighted by Crippen LogP contribution is -2.39. The van der Waals surface area contributed by atoms with E-state index < -0.39 is 17.9 Å². The highest BCUT2D eigenvalue weighted by molar-refractivity contribution is 8.00. The van der Waals surface area contributed by atoms with Gasteiger partial charge in [-0.05, 0) is 66.2 Å². The van der Waals surface area contributed by atoms with Crippen molar-refractivity contribution in [2.24, 2.45) is 0 Å². The summed E-state index contributed by atoms with van der Waals surface area (Å²) in [4.78, 5) is 13.6. The Hall–Kier alpha value is -3.14. The molecule has 11 heteroatoms. The van der Waals surface area contributed by atoms with Crippen LogP contribution in [0.4, 0.5) is 8.78 Å². The van der Waals surface area contributed by atoms with Gasteiger partial charge in [-0.1, -0.05) is 47.1 Å². The molecule has 0 amide bonds. The molecule has 1 N–H and O–H groups in total. The lowest BCUT2D eigenvalue weighted by Gasteiger charge is -2.33. The summed E-state index contributed by atoms with van der Waals surface area (Å²) in [5.74, 6) is 0.350. The van der Waals surface area contributed by atoms with Gasteiger partial charge in [0.2, 0.25) is 5.16 Å². The molecule has 0 saturated carbocycles. The molecule has 0 fully saturated rings. The molecule has 0 unspecified atom stereocenters. The third kappa shape index (κ3) is 4.98. The Morgan fingerprint density at radius 2 is 1.57 bits per heavy atom. The Labute approximate surface area is 213 Å². The smallest absolute Gasteiger partial charge is 0.387 e. The van der Waals surface area contributed by atoms with Crippen LogP contribution in [0.2, 0.25) is 10.0 Å². The molecule has 0 saturated heterocycles. The number of rotatable bonds is 6. The maximum atomic E-state index is 13.6. The third-order valence-electron chi connectivity index (χ3n) is 5.39. The van der Waals surface area contributed by atoms with Crippen LogP contribution in [0.25, 0.3) is 11.4 Å². The first-order valence-electron chi connectivity index (χ1n) is 10.4. The van der Waals surface area contributed by atoms with Crippen molar-refractivity contribution in [2.45, 2.75) is 23.1 Å². The molecule has 4 aromatic rings. The molecule has 2 heterocycles. The zero-order valence-electron chi connectivity index (χ0n) is 17.7. The Balaban J connectivity index is 1.51. The molecule has 0 spiro atoms. The van der Waals surface area contributed by atoms with Crippen LogP contribution in [0.5, 0.6) is 5.75 Å². The van der Waals surface area contributed by atoms with Crippen LogP contribution in [-0.4, -0.2) is 32.5 Å². The number of ketones is 1. The highest BCUT2D eigenvalue weighted by atomic mass is 35.5. The van der Waals surface area contributed by atoms with E-state index in [-0.39, 0.29) is 11.5 Å². The van der Waals surface area contributed by atoms with Gasteiger partial charge in [0, 0.05) is 21.2 Å². The summed E-state index contributed by atoms with van der Waals surface area (Å²) >= 11 is 13.4. The third-order valence-corrected chi connectivity index (χ3v) is 7.11. The summed E-state index contributed by atoms with van der Waals surface area (Å²) < 4.78 is 31.1. The average molecular weight is 533 g/mol. The number of carbonyl (C=O) groups excluding carboxylic acids is 1. The minimum Gasteiger partial charge on any atom is -0.435 e. The summed E-state index contributed by atoms with van der Waals surface area (Å²) in [5, 5.41) is 9.65. The van der Waals surface area contributed by atoms with E-state index in [2.05, 4.69) is 20.4 Å². The Morgan fingerprint density at radius 3 is 2.20 bits per heavy atom. The van der Waals surface area contributed by atoms with E-state index in [4.69, 9.17) is 23.2 Å². The normalized spacial score (nSPS) is 17.1. The van der Waals surface area contributed by atoms with Crippen molar-refractivity contribution in [1.82, 2.24) is 14.9 Å². The predicted molar refractivity (Wildman–Crippen MR) is 131 cm³/mol. The summed E-state index contributed by atoms with van der Waals surface area (Å²) in [5.41, 5.74) is 5.37. The van der Waals surface area contributed by atoms with Crippen LogP contribution < -0.4 is 10.2 Å². The highest BCUT2D eigenvalue weighted by Crippen LogP contribution is 2.40. The number of aromatic nitrogens is 3. The highest BCUT2D eigenvalue weighted by Gasteiger charge is 2.38. The minimum atomic E-state index is -2.94. The van der Waals surface area contributed by atoms with Crippen LogP contribution in [-0.2, 0) is 0 Å². The van der Waals surface area contributed by atoms with Gasteiger partial charge in [-0.3, -0.25) is 4.79 Å². The first-order chi connectivity index (χ1) is 16.9. The number of hydrogen-bond donors (Lipinski definition) is 1. The first-order valence-corrected chi connectivity index (χ1v) is 12.0. The van der Waals surface area contributed by atoms with Crippen LogP contribution in [0.1, 0.15) is 22.0 Å². The maximum Gasteiger partial charge on any atom is 0.387 e. The standard InChI is InChI=1S/C24H16Cl2F2N4O2S/c25-16-7-1-13(2-8-16)19-21(20(33)14-5-11-18(12-6-14)34-23(27)28)35-24-30-29-22(32(24)31-19)15-3-9-17(26)10-4-15/h1-12,19,21,23,31H/t19-,21+/m1/s1. The number of fused-ring (bicyclic) bond motifs is 1. The van der Waals surface area contributed by atoms with Gasteiger partial charge in [-0.15, -0.1) is 10.2 Å². The Kier molecular flexibility index (Phi) is 6.64. The molecule has 3 aromatic carbocycles. The van der Waals surface area contributed by atoms with Crippen molar-refractivity contribution in [2.75, 3.05) is 5.43 Å². The SMILES string of the molecule is O=C(c1ccc(OC(F)F)cc1)[C@H]1Sc2nnc(-c3ccc(Cl)cc3)n2N[C@@H]1c1ccc(Cl)cc1. The number of hydrogen-bond acceptors (Lipinski definition) is 6. The van der Waals surface area contributed by atoms with Crippen LogP contribution >= 0.6 is 35.0 Å². The number of alkyl halides is 2. The number of carbonyl (C=O) groups is 1. The minimum absolute atomic E-state index is 0.0208. The fourth-order valence-corrected chi connectivity index (χ4v) is 5.14. The summed E-state index contributed by atoms with van der Waals surface area (Å²) in [6.07, 6.45) is 0. The van der Waals surface area contributed by atoms with E-state index >= 15 is 0 Å². The number of Topliss-reactive ketones (excluding diaryl/α,β-unsaturated/α-hetero) is 1. The van der Waals surface area contributed by atoms with E-state index in [9.17, 15) is 13.6 Å². The molecule has 178 valence electrons. The van der Waals surface area contributed by atoms with Crippen molar-refractivity contribution < 1.29 is 18.3 Å². The quantitative estimate of drug-likeness (QED) is 0.286. The lowest BCUT2D eigenvalue weighted by atomic mass is 9.97. The van der Waals surface area contributed by atoms with Gasteiger partial charge >= 0.3 is 6.61 Å². The van der Waals surface area contributed by atoms with Gasteiger partial charge < -0.3 is 10.2 Å². The molecule has 2 atom stereocenters. The molecular weight excluding hydrogens is 517 g/mol. The van der Waals surface area contributed by atoms with E-state index in [1.807, 2.05) is 24.3 Å². The average Bonchev–Trinajstić information content (AvgIpc) is 3.27. The molecule has 1 aliphatic heterocycles. The van der Waals surface area contributed by atoms with Gasteiger partial charge in [0.05, 0.1) is 6.04 Å². The zero-order chi connectivity index (χ0) is 24.5. The molecule has 6 nitrogen and oxygen atoms in total. The maximum absolute atomic E-state index is 13.6. The fraction of sp³-hybridized carbons (Fsp3) is 0.125. The topological polar surface area (TPSA) is 69.0 Å². The van der Waals surface area contributed by atoms with E-state index in [1.54, 1.807) is 28.9 Å². The Morgan fingerprint density at radius 1 is 0.943 bits per heavy atom. The van der Waals surface area contributed by atoms with Gasteiger partial charge in [0.15, 0.2) is 11.6 Å². The largest absolute Gasteiger partial charge is 0.435 e. The zero-order valence-corrected chi connectivity index (χ0v) is 20.1. The van der Waals surface area contributed by atoms with Gasteiger partial charge in [0.1, 0.15) is 11.0 Å². The van der Waals surface area contributed by atoms with Crippen molar-refractivity contribution in [3.8, 4) is 17.1 Å². The molecule has 5 rings (SSSR count). The number of halogens is 4.